The zero-order chi connectivity index (χ0) is 15.3. The molecule has 1 unspecified atom stereocenters. The summed E-state index contributed by atoms with van der Waals surface area (Å²) >= 11 is 0. The van der Waals surface area contributed by atoms with Crippen molar-refractivity contribution >= 4 is 5.91 Å². The molecular formula is C16H26N2O2. The van der Waals surface area contributed by atoms with E-state index >= 15 is 0 Å². The van der Waals surface area contributed by atoms with Crippen LogP contribution in [0.3, 0.4) is 0 Å². The Balaban J connectivity index is 2.70. The smallest absolute Gasteiger partial charge is 0.237 e. The highest BCUT2D eigenvalue weighted by Gasteiger charge is 2.22. The van der Waals surface area contributed by atoms with E-state index in [1.807, 2.05) is 63.9 Å². The van der Waals surface area contributed by atoms with Gasteiger partial charge in [0.25, 0.3) is 0 Å². The number of hydrogen-bond donors (Lipinski definition) is 1. The van der Waals surface area contributed by atoms with Gasteiger partial charge in [0.05, 0.1) is 13.2 Å². The minimum absolute atomic E-state index is 0.0369. The van der Waals surface area contributed by atoms with E-state index in [1.165, 1.54) is 0 Å². The Hall–Kier alpha value is -1.55. The van der Waals surface area contributed by atoms with Gasteiger partial charge < -0.3 is 10.1 Å². The molecule has 4 heteroatoms. The molecule has 0 bridgehead atoms. The molecule has 0 aliphatic carbocycles. The normalized spacial score (nSPS) is 13.2. The van der Waals surface area contributed by atoms with E-state index in [-0.39, 0.29) is 17.5 Å². The minimum Gasteiger partial charge on any atom is -0.496 e. The molecule has 0 radical (unpaired) electrons. The second-order valence-corrected chi connectivity index (χ2v) is 6.14. The minimum atomic E-state index is -0.212. The lowest BCUT2D eigenvalue weighted by atomic mass is 10.1. The maximum atomic E-state index is 12.2. The van der Waals surface area contributed by atoms with Gasteiger partial charge in [0, 0.05) is 17.6 Å². The summed E-state index contributed by atoms with van der Waals surface area (Å²) in [5.74, 6) is 0.887. The number of nitrogens with one attached hydrogen (secondary N) is 1. The number of amides is 1. The number of methoxy groups -OCH3 is 1. The molecule has 112 valence electrons. The van der Waals surface area contributed by atoms with Crippen molar-refractivity contribution in [2.45, 2.75) is 45.8 Å². The first-order valence-corrected chi connectivity index (χ1v) is 6.89. The number of hydrogen-bond acceptors (Lipinski definition) is 3. The Labute approximate surface area is 122 Å². The van der Waals surface area contributed by atoms with Crippen molar-refractivity contribution < 1.29 is 9.53 Å². The highest BCUT2D eigenvalue weighted by molar-refractivity contribution is 5.81. The third-order valence-corrected chi connectivity index (χ3v) is 3.15. The molecule has 0 fully saturated rings. The first kappa shape index (κ1) is 16.5. The molecule has 0 spiro atoms. The molecule has 0 heterocycles. The number of nitrogens with zero attached hydrogens (tertiary/aromatic N) is 1. The number of likely N-dealkylation sites (N-methyl/N-ethyl adjacent to an activating group) is 1. The average molecular weight is 278 g/mol. The topological polar surface area (TPSA) is 41.6 Å². The van der Waals surface area contributed by atoms with Crippen LogP contribution in [0, 0.1) is 0 Å². The Bertz CT molecular complexity index is 452. The van der Waals surface area contributed by atoms with Gasteiger partial charge in [-0.25, -0.2) is 0 Å². The summed E-state index contributed by atoms with van der Waals surface area (Å²) in [4.78, 5) is 14.2. The van der Waals surface area contributed by atoms with E-state index in [1.54, 1.807) is 7.11 Å². The van der Waals surface area contributed by atoms with Crippen molar-refractivity contribution in [3.8, 4) is 5.75 Å². The van der Waals surface area contributed by atoms with Crippen LogP contribution < -0.4 is 10.1 Å². The van der Waals surface area contributed by atoms with Crippen molar-refractivity contribution in [2.24, 2.45) is 0 Å². The highest BCUT2D eigenvalue weighted by atomic mass is 16.5. The molecule has 20 heavy (non-hydrogen) atoms. The molecule has 1 aromatic carbocycles. The summed E-state index contributed by atoms with van der Waals surface area (Å²) in [6.07, 6.45) is 0. The second-order valence-electron chi connectivity index (χ2n) is 6.14. The van der Waals surface area contributed by atoms with Crippen LogP contribution in [0.25, 0.3) is 0 Å². The van der Waals surface area contributed by atoms with Gasteiger partial charge in [-0.15, -0.1) is 0 Å². The molecule has 1 aromatic rings. The van der Waals surface area contributed by atoms with E-state index in [9.17, 15) is 4.79 Å². The van der Waals surface area contributed by atoms with Crippen LogP contribution in [0.5, 0.6) is 5.75 Å². The SMILES string of the molecule is COc1ccccc1CN(C)C(C)C(=O)NC(C)(C)C. The van der Waals surface area contributed by atoms with Crippen molar-refractivity contribution in [1.82, 2.24) is 10.2 Å². The van der Waals surface area contributed by atoms with Gasteiger partial charge in [-0.3, -0.25) is 9.69 Å². The Morgan fingerprint density at radius 1 is 1.35 bits per heavy atom. The van der Waals surface area contributed by atoms with E-state index in [2.05, 4.69) is 5.32 Å². The first-order chi connectivity index (χ1) is 9.24. The van der Waals surface area contributed by atoms with E-state index < -0.39 is 0 Å². The molecule has 1 rings (SSSR count). The molecular weight excluding hydrogens is 252 g/mol. The lowest BCUT2D eigenvalue weighted by molar-refractivity contribution is -0.127. The maximum Gasteiger partial charge on any atom is 0.237 e. The van der Waals surface area contributed by atoms with Crippen molar-refractivity contribution in [3.05, 3.63) is 29.8 Å². The summed E-state index contributed by atoms with van der Waals surface area (Å²) in [5.41, 5.74) is 0.865. The van der Waals surface area contributed by atoms with Gasteiger partial charge >= 0.3 is 0 Å². The molecule has 0 aromatic heterocycles. The summed E-state index contributed by atoms with van der Waals surface area (Å²) < 4.78 is 5.34. The highest BCUT2D eigenvalue weighted by Crippen LogP contribution is 2.19. The summed E-state index contributed by atoms with van der Waals surface area (Å²) in [6.45, 7) is 8.53. The van der Waals surface area contributed by atoms with Crippen LogP contribution in [0.2, 0.25) is 0 Å². The molecule has 0 aliphatic heterocycles. The zero-order valence-corrected chi connectivity index (χ0v) is 13.4. The molecule has 1 atom stereocenters. The van der Waals surface area contributed by atoms with Crippen molar-refractivity contribution in [3.63, 3.8) is 0 Å². The Morgan fingerprint density at radius 3 is 2.50 bits per heavy atom. The monoisotopic (exact) mass is 278 g/mol. The molecule has 1 N–H and O–H groups in total. The summed E-state index contributed by atoms with van der Waals surface area (Å²) in [5, 5.41) is 3.00. The number of rotatable bonds is 5. The quantitative estimate of drug-likeness (QED) is 0.899. The summed E-state index contributed by atoms with van der Waals surface area (Å²) in [7, 11) is 3.61. The Morgan fingerprint density at radius 2 is 1.95 bits per heavy atom. The standard InChI is InChI=1S/C16H26N2O2/c1-12(15(19)17-16(2,3)4)18(5)11-13-9-7-8-10-14(13)20-6/h7-10,12H,11H2,1-6H3,(H,17,19). The van der Waals surface area contributed by atoms with Crippen LogP contribution >= 0.6 is 0 Å². The molecule has 1 amide bonds. The van der Waals surface area contributed by atoms with Gasteiger partial charge in [-0.2, -0.15) is 0 Å². The van der Waals surface area contributed by atoms with Crippen LogP contribution in [0.1, 0.15) is 33.3 Å². The lowest BCUT2D eigenvalue weighted by Crippen LogP contribution is -2.49. The second kappa shape index (κ2) is 6.75. The number of carbonyl (C=O) groups excluding carboxylic acids is 1. The fraction of sp³-hybridized carbons (Fsp3) is 0.562. The fourth-order valence-electron chi connectivity index (χ4n) is 1.91. The number of ether oxygens (including phenoxy) is 1. The van der Waals surface area contributed by atoms with Gasteiger partial charge in [0.2, 0.25) is 5.91 Å². The molecule has 4 nitrogen and oxygen atoms in total. The van der Waals surface area contributed by atoms with E-state index in [4.69, 9.17) is 4.74 Å². The number of benzene rings is 1. The zero-order valence-electron chi connectivity index (χ0n) is 13.4. The van der Waals surface area contributed by atoms with E-state index in [0.29, 0.717) is 6.54 Å². The molecule has 0 saturated heterocycles. The van der Waals surface area contributed by atoms with Crippen molar-refractivity contribution in [2.75, 3.05) is 14.2 Å². The predicted octanol–water partition coefficient (Wildman–Crippen LogP) is 2.43. The van der Waals surface area contributed by atoms with Gasteiger partial charge in [0.1, 0.15) is 5.75 Å². The third-order valence-electron chi connectivity index (χ3n) is 3.15. The molecule has 0 saturated carbocycles. The van der Waals surface area contributed by atoms with Crippen LogP contribution in [-0.4, -0.2) is 36.5 Å². The van der Waals surface area contributed by atoms with Gasteiger partial charge in [-0.05, 0) is 40.8 Å². The van der Waals surface area contributed by atoms with Crippen molar-refractivity contribution in [1.29, 1.82) is 0 Å². The largest absolute Gasteiger partial charge is 0.496 e. The third kappa shape index (κ3) is 4.85. The van der Waals surface area contributed by atoms with Crippen LogP contribution in [0.4, 0.5) is 0 Å². The van der Waals surface area contributed by atoms with Gasteiger partial charge in [0.15, 0.2) is 0 Å². The lowest BCUT2D eigenvalue weighted by Gasteiger charge is -2.28. The van der Waals surface area contributed by atoms with Gasteiger partial charge in [-0.1, -0.05) is 18.2 Å². The summed E-state index contributed by atoms with van der Waals surface area (Å²) in [6, 6.07) is 7.68. The molecule has 0 aliphatic rings. The fourth-order valence-corrected chi connectivity index (χ4v) is 1.91. The first-order valence-electron chi connectivity index (χ1n) is 6.89. The van der Waals surface area contributed by atoms with Crippen LogP contribution in [-0.2, 0) is 11.3 Å². The maximum absolute atomic E-state index is 12.2. The number of carbonyl (C=O) groups is 1. The average Bonchev–Trinajstić information content (AvgIpc) is 2.36. The van der Waals surface area contributed by atoms with E-state index in [0.717, 1.165) is 11.3 Å². The predicted molar refractivity (Wildman–Crippen MR) is 81.8 cm³/mol. The van der Waals surface area contributed by atoms with Crippen LogP contribution in [0.15, 0.2) is 24.3 Å². The Kier molecular flexibility index (Phi) is 5.57. The number of para-hydroxylation sites is 1.